The van der Waals surface area contributed by atoms with E-state index in [1.165, 1.54) is 4.90 Å². The predicted octanol–water partition coefficient (Wildman–Crippen LogP) is 2.76. The lowest BCUT2D eigenvalue weighted by atomic mass is 10.1. The molecule has 1 atom stereocenters. The van der Waals surface area contributed by atoms with E-state index in [0.29, 0.717) is 16.3 Å². The zero-order valence-electron chi connectivity index (χ0n) is 10.3. The van der Waals surface area contributed by atoms with Gasteiger partial charge in [0.25, 0.3) is 5.91 Å². The number of alkyl halides is 1. The van der Waals surface area contributed by atoms with E-state index in [9.17, 15) is 9.59 Å². The maximum Gasteiger partial charge on any atom is 0.253 e. The smallest absolute Gasteiger partial charge is 0.253 e. The minimum Gasteiger partial charge on any atom is -0.345 e. The Morgan fingerprint density at radius 1 is 1.39 bits per heavy atom. The van der Waals surface area contributed by atoms with Crippen LogP contribution in [0.25, 0.3) is 0 Å². The number of carbonyl (C=O) groups excluding carboxylic acids is 2. The van der Waals surface area contributed by atoms with Crippen molar-refractivity contribution in [1.82, 2.24) is 4.90 Å². The minimum absolute atomic E-state index is 0.144. The van der Waals surface area contributed by atoms with Gasteiger partial charge in [-0.25, -0.2) is 0 Å². The number of carbonyl (C=O) groups is 2. The summed E-state index contributed by atoms with van der Waals surface area (Å²) in [5.74, 6) is -0.361. The van der Waals surface area contributed by atoms with Crippen LogP contribution in [0.15, 0.2) is 18.2 Å². The Bertz CT molecular complexity index is 475. The fraction of sp³-hybridized carbons (Fsp3) is 0.333. The SMILES string of the molecule is CC(Br)C(=O)Nc1cc(C(=O)N(C)C)ccc1Cl. The van der Waals surface area contributed by atoms with Gasteiger partial charge in [-0.05, 0) is 25.1 Å². The summed E-state index contributed by atoms with van der Waals surface area (Å²) in [6.45, 7) is 1.71. The number of hydrogen-bond acceptors (Lipinski definition) is 2. The molecule has 0 saturated heterocycles. The molecule has 0 heterocycles. The topological polar surface area (TPSA) is 49.4 Å². The van der Waals surface area contributed by atoms with E-state index in [-0.39, 0.29) is 16.6 Å². The Morgan fingerprint density at radius 3 is 2.50 bits per heavy atom. The van der Waals surface area contributed by atoms with Gasteiger partial charge < -0.3 is 10.2 Å². The Labute approximate surface area is 119 Å². The summed E-state index contributed by atoms with van der Waals surface area (Å²) in [7, 11) is 3.32. The lowest BCUT2D eigenvalue weighted by molar-refractivity contribution is -0.115. The summed E-state index contributed by atoms with van der Waals surface area (Å²) < 4.78 is 0. The highest BCUT2D eigenvalue weighted by atomic mass is 79.9. The van der Waals surface area contributed by atoms with Gasteiger partial charge in [0.15, 0.2) is 0 Å². The van der Waals surface area contributed by atoms with E-state index >= 15 is 0 Å². The second-order valence-corrected chi connectivity index (χ2v) is 5.78. The molecule has 2 amide bonds. The number of hydrogen-bond donors (Lipinski definition) is 1. The van der Waals surface area contributed by atoms with Crippen molar-refractivity contribution >= 4 is 45.0 Å². The summed E-state index contributed by atoms with van der Waals surface area (Å²) in [5, 5.41) is 3.05. The maximum absolute atomic E-state index is 11.8. The van der Waals surface area contributed by atoms with Crippen LogP contribution in [-0.2, 0) is 4.79 Å². The Morgan fingerprint density at radius 2 is 2.00 bits per heavy atom. The second-order valence-electron chi connectivity index (χ2n) is 4.00. The molecule has 0 aromatic heterocycles. The van der Waals surface area contributed by atoms with E-state index in [0.717, 1.165) is 0 Å². The number of amides is 2. The molecule has 0 spiro atoms. The third kappa shape index (κ3) is 3.71. The summed E-state index contributed by atoms with van der Waals surface area (Å²) in [5.41, 5.74) is 0.905. The van der Waals surface area contributed by atoms with Crippen molar-refractivity contribution in [3.05, 3.63) is 28.8 Å². The minimum atomic E-state index is -0.332. The van der Waals surface area contributed by atoms with Crippen LogP contribution in [-0.4, -0.2) is 35.6 Å². The van der Waals surface area contributed by atoms with Gasteiger partial charge in [-0.3, -0.25) is 9.59 Å². The van der Waals surface area contributed by atoms with Crippen molar-refractivity contribution in [2.45, 2.75) is 11.8 Å². The molecule has 0 aliphatic carbocycles. The number of anilines is 1. The third-order valence-electron chi connectivity index (χ3n) is 2.24. The standard InChI is InChI=1S/C12H14BrClN2O2/c1-7(13)11(17)15-10-6-8(4-5-9(10)14)12(18)16(2)3/h4-7H,1-3H3,(H,15,17). The molecule has 0 aliphatic rings. The highest BCUT2D eigenvalue weighted by Crippen LogP contribution is 2.24. The number of halogens is 2. The molecule has 1 N–H and O–H groups in total. The van der Waals surface area contributed by atoms with Crippen molar-refractivity contribution in [3.63, 3.8) is 0 Å². The van der Waals surface area contributed by atoms with E-state index in [2.05, 4.69) is 21.2 Å². The Kier molecular flexibility index (Phi) is 5.16. The summed E-state index contributed by atoms with van der Waals surface area (Å²) in [4.78, 5) is 24.5. The van der Waals surface area contributed by atoms with Crippen LogP contribution < -0.4 is 5.32 Å². The van der Waals surface area contributed by atoms with Crippen molar-refractivity contribution < 1.29 is 9.59 Å². The summed E-state index contributed by atoms with van der Waals surface area (Å²) >= 11 is 9.14. The van der Waals surface area contributed by atoms with Crippen LogP contribution in [0.2, 0.25) is 5.02 Å². The number of rotatable bonds is 3. The molecule has 0 radical (unpaired) electrons. The number of benzene rings is 1. The quantitative estimate of drug-likeness (QED) is 0.865. The first-order valence-electron chi connectivity index (χ1n) is 5.29. The van der Waals surface area contributed by atoms with Crippen LogP contribution >= 0.6 is 27.5 Å². The van der Waals surface area contributed by atoms with Gasteiger partial charge in [-0.15, -0.1) is 0 Å². The first-order chi connectivity index (χ1) is 8.32. The van der Waals surface area contributed by atoms with Crippen LogP contribution in [0.3, 0.4) is 0 Å². The fourth-order valence-corrected chi connectivity index (χ4v) is 1.52. The highest BCUT2D eigenvalue weighted by Gasteiger charge is 2.14. The molecule has 1 rings (SSSR count). The van der Waals surface area contributed by atoms with Gasteiger partial charge in [0.05, 0.1) is 15.5 Å². The zero-order valence-corrected chi connectivity index (χ0v) is 12.7. The third-order valence-corrected chi connectivity index (χ3v) is 2.98. The molecule has 0 bridgehead atoms. The predicted molar refractivity (Wildman–Crippen MR) is 76.5 cm³/mol. The fourth-order valence-electron chi connectivity index (χ4n) is 1.24. The average molecular weight is 334 g/mol. The molecular formula is C12H14BrClN2O2. The van der Waals surface area contributed by atoms with Crippen molar-refractivity contribution in [1.29, 1.82) is 0 Å². The Balaban J connectivity index is 3.02. The molecule has 1 aromatic rings. The van der Waals surface area contributed by atoms with E-state index in [4.69, 9.17) is 11.6 Å². The van der Waals surface area contributed by atoms with Gasteiger partial charge in [0.1, 0.15) is 0 Å². The van der Waals surface area contributed by atoms with Crippen molar-refractivity contribution in [2.75, 3.05) is 19.4 Å². The normalized spacial score (nSPS) is 11.8. The number of nitrogens with one attached hydrogen (secondary N) is 1. The molecule has 1 aromatic carbocycles. The largest absolute Gasteiger partial charge is 0.345 e. The maximum atomic E-state index is 11.8. The average Bonchev–Trinajstić information content (AvgIpc) is 2.30. The molecule has 6 heteroatoms. The van der Waals surface area contributed by atoms with Gasteiger partial charge in [-0.1, -0.05) is 27.5 Å². The van der Waals surface area contributed by atoms with Gasteiger partial charge in [-0.2, -0.15) is 0 Å². The van der Waals surface area contributed by atoms with Crippen molar-refractivity contribution in [2.24, 2.45) is 0 Å². The molecule has 4 nitrogen and oxygen atoms in total. The van der Waals surface area contributed by atoms with Crippen LogP contribution in [0, 0.1) is 0 Å². The van der Waals surface area contributed by atoms with E-state index in [1.54, 1.807) is 39.2 Å². The van der Waals surface area contributed by atoms with Crippen LogP contribution in [0.5, 0.6) is 0 Å². The molecule has 0 fully saturated rings. The molecule has 0 saturated carbocycles. The van der Waals surface area contributed by atoms with E-state index in [1.807, 2.05) is 0 Å². The molecular weight excluding hydrogens is 320 g/mol. The van der Waals surface area contributed by atoms with Crippen molar-refractivity contribution in [3.8, 4) is 0 Å². The number of nitrogens with zero attached hydrogens (tertiary/aromatic N) is 1. The van der Waals surface area contributed by atoms with E-state index < -0.39 is 0 Å². The molecule has 1 unspecified atom stereocenters. The second kappa shape index (κ2) is 6.20. The first-order valence-corrected chi connectivity index (χ1v) is 6.58. The first kappa shape index (κ1) is 15.0. The lowest BCUT2D eigenvalue weighted by Crippen LogP contribution is -2.23. The van der Waals surface area contributed by atoms with Gasteiger partial charge in [0, 0.05) is 19.7 Å². The summed E-state index contributed by atoms with van der Waals surface area (Å²) in [6, 6.07) is 4.78. The highest BCUT2D eigenvalue weighted by molar-refractivity contribution is 9.10. The van der Waals surface area contributed by atoms with Crippen LogP contribution in [0.4, 0.5) is 5.69 Å². The van der Waals surface area contributed by atoms with Gasteiger partial charge in [0.2, 0.25) is 5.91 Å². The Hall–Kier alpha value is -1.07. The summed E-state index contributed by atoms with van der Waals surface area (Å²) in [6.07, 6.45) is 0. The molecule has 0 aliphatic heterocycles. The zero-order chi connectivity index (χ0) is 13.9. The molecule has 18 heavy (non-hydrogen) atoms. The van der Waals surface area contributed by atoms with Gasteiger partial charge >= 0.3 is 0 Å². The monoisotopic (exact) mass is 332 g/mol. The lowest BCUT2D eigenvalue weighted by Gasteiger charge is -2.13. The van der Waals surface area contributed by atoms with Crippen LogP contribution in [0.1, 0.15) is 17.3 Å². The molecule has 98 valence electrons.